The highest BCUT2D eigenvalue weighted by atomic mass is 127. The minimum Gasteiger partial charge on any atom is -0.497 e. The van der Waals surface area contributed by atoms with Gasteiger partial charge >= 0.3 is 0 Å². The van der Waals surface area contributed by atoms with E-state index in [-0.39, 0.29) is 24.0 Å². The van der Waals surface area contributed by atoms with Gasteiger partial charge in [-0.05, 0) is 43.0 Å². The molecule has 1 heterocycles. The monoisotopic (exact) mass is 518 g/mol. The van der Waals surface area contributed by atoms with Crippen LogP contribution in [0.15, 0.2) is 29.3 Å². The largest absolute Gasteiger partial charge is 0.497 e. The van der Waals surface area contributed by atoms with Crippen LogP contribution in [0.2, 0.25) is 0 Å². The Morgan fingerprint density at radius 2 is 2.00 bits per heavy atom. The van der Waals surface area contributed by atoms with Crippen LogP contribution in [0.4, 0.5) is 0 Å². The number of methoxy groups -OCH3 is 1. The minimum absolute atomic E-state index is 0. The molecule has 9 heteroatoms. The average Bonchev–Trinajstić information content (AvgIpc) is 3.00. The van der Waals surface area contributed by atoms with E-state index < -0.39 is 0 Å². The first-order valence-electron chi connectivity index (χ1n) is 9.01. The van der Waals surface area contributed by atoms with Crippen molar-refractivity contribution in [2.75, 3.05) is 32.7 Å². The average molecular weight is 518 g/mol. The number of hydrogen-bond acceptors (Lipinski definition) is 5. The summed E-state index contributed by atoms with van der Waals surface area (Å²) in [5, 5.41) is 11.8. The van der Waals surface area contributed by atoms with Crippen LogP contribution in [0.25, 0.3) is 0 Å². The summed E-state index contributed by atoms with van der Waals surface area (Å²) in [6.07, 6.45) is 3.22. The molecule has 0 radical (unpaired) electrons. The lowest BCUT2D eigenvalue weighted by atomic mass is 10.2. The van der Waals surface area contributed by atoms with E-state index in [0.29, 0.717) is 6.54 Å². The number of rotatable bonds is 9. The summed E-state index contributed by atoms with van der Waals surface area (Å²) in [5.41, 5.74) is 1.20. The Balaban J connectivity index is 0.00000392. The minimum atomic E-state index is 0. The number of aromatic nitrogens is 3. The Bertz CT molecular complexity index is 735. The maximum absolute atomic E-state index is 5.23. The molecule has 0 aliphatic rings. The highest BCUT2D eigenvalue weighted by molar-refractivity contribution is 14.0. The standard InChI is InChI=1S/C19H30N6OS.HI/c1-15-22-23-18(25(15)3)13-21-19(20-11-6-12-27-5)24(2)14-16-7-9-17(26-4)10-8-16;/h7-10H,6,11-14H2,1-5H3,(H,20,21);1H. The molecule has 1 N–H and O–H groups in total. The molecule has 156 valence electrons. The van der Waals surface area contributed by atoms with Crippen LogP contribution in [0.5, 0.6) is 5.75 Å². The first-order chi connectivity index (χ1) is 13.0. The van der Waals surface area contributed by atoms with Crippen molar-refractivity contribution in [3.63, 3.8) is 0 Å². The lowest BCUT2D eigenvalue weighted by Gasteiger charge is -2.23. The van der Waals surface area contributed by atoms with Gasteiger partial charge in [0.05, 0.1) is 7.11 Å². The van der Waals surface area contributed by atoms with Crippen molar-refractivity contribution in [2.24, 2.45) is 12.0 Å². The van der Waals surface area contributed by atoms with Crippen LogP contribution in [0.1, 0.15) is 23.6 Å². The van der Waals surface area contributed by atoms with E-state index in [0.717, 1.165) is 48.6 Å². The number of guanidine groups is 1. The Morgan fingerprint density at radius 1 is 1.29 bits per heavy atom. The highest BCUT2D eigenvalue weighted by Crippen LogP contribution is 2.12. The van der Waals surface area contributed by atoms with E-state index in [4.69, 9.17) is 9.73 Å². The Hall–Kier alpha value is -1.49. The molecule has 0 amide bonds. The molecule has 0 unspecified atom stereocenters. The number of hydrogen-bond donors (Lipinski definition) is 1. The summed E-state index contributed by atoms with van der Waals surface area (Å²) < 4.78 is 7.20. The molecule has 0 aliphatic carbocycles. The molecule has 0 saturated heterocycles. The maximum atomic E-state index is 5.23. The van der Waals surface area contributed by atoms with Crippen molar-refractivity contribution in [3.8, 4) is 5.75 Å². The molecule has 1 aromatic heterocycles. The third kappa shape index (κ3) is 7.50. The van der Waals surface area contributed by atoms with Crippen LogP contribution in [0, 0.1) is 6.92 Å². The van der Waals surface area contributed by atoms with Gasteiger partial charge in [0, 0.05) is 27.2 Å². The van der Waals surface area contributed by atoms with Gasteiger partial charge in [-0.1, -0.05) is 12.1 Å². The molecule has 0 aliphatic heterocycles. The van der Waals surface area contributed by atoms with Crippen LogP contribution < -0.4 is 10.1 Å². The van der Waals surface area contributed by atoms with Gasteiger partial charge in [-0.3, -0.25) is 0 Å². The fourth-order valence-electron chi connectivity index (χ4n) is 2.54. The van der Waals surface area contributed by atoms with Crippen LogP contribution in [0.3, 0.4) is 0 Å². The molecule has 2 aromatic rings. The second-order valence-corrected chi connectivity index (χ2v) is 7.33. The van der Waals surface area contributed by atoms with E-state index in [1.165, 1.54) is 5.56 Å². The van der Waals surface area contributed by atoms with Gasteiger partial charge in [0.25, 0.3) is 0 Å². The number of aliphatic imine (C=N–C) groups is 1. The second kappa shape index (κ2) is 12.9. The fraction of sp³-hybridized carbons (Fsp3) is 0.526. The Kier molecular flexibility index (Phi) is 11.3. The Morgan fingerprint density at radius 3 is 2.57 bits per heavy atom. The molecule has 0 atom stereocenters. The van der Waals surface area contributed by atoms with E-state index in [9.17, 15) is 0 Å². The van der Waals surface area contributed by atoms with Gasteiger partial charge in [0.15, 0.2) is 11.8 Å². The van der Waals surface area contributed by atoms with Crippen molar-refractivity contribution < 1.29 is 4.74 Å². The number of benzene rings is 1. The third-order valence-corrected chi connectivity index (χ3v) is 5.00. The molecule has 1 aromatic carbocycles. The lowest BCUT2D eigenvalue weighted by molar-refractivity contribution is 0.414. The SMILES string of the molecule is COc1ccc(CN(C)C(=NCc2nnc(C)n2C)NCCCSC)cc1.I. The van der Waals surface area contributed by atoms with Gasteiger partial charge < -0.3 is 19.5 Å². The zero-order chi connectivity index (χ0) is 19.6. The van der Waals surface area contributed by atoms with Crippen molar-refractivity contribution >= 4 is 41.7 Å². The second-order valence-electron chi connectivity index (χ2n) is 6.34. The number of aryl methyl sites for hydroxylation is 1. The zero-order valence-electron chi connectivity index (χ0n) is 17.3. The molecule has 2 rings (SSSR count). The predicted molar refractivity (Wildman–Crippen MR) is 128 cm³/mol. The van der Waals surface area contributed by atoms with Crippen molar-refractivity contribution in [3.05, 3.63) is 41.5 Å². The van der Waals surface area contributed by atoms with Crippen LogP contribution in [-0.4, -0.2) is 58.3 Å². The molecule has 7 nitrogen and oxygen atoms in total. The summed E-state index contributed by atoms with van der Waals surface area (Å²) in [6, 6.07) is 8.11. The van der Waals surface area contributed by atoms with Gasteiger partial charge in [0.1, 0.15) is 18.1 Å². The summed E-state index contributed by atoms with van der Waals surface area (Å²) >= 11 is 1.86. The van der Waals surface area contributed by atoms with Crippen molar-refractivity contribution in [1.29, 1.82) is 0 Å². The van der Waals surface area contributed by atoms with Gasteiger partial charge in [-0.2, -0.15) is 11.8 Å². The smallest absolute Gasteiger partial charge is 0.194 e. The highest BCUT2D eigenvalue weighted by Gasteiger charge is 2.09. The van der Waals surface area contributed by atoms with Crippen molar-refractivity contribution in [2.45, 2.75) is 26.4 Å². The van der Waals surface area contributed by atoms with Gasteiger partial charge in [0.2, 0.25) is 0 Å². The van der Waals surface area contributed by atoms with E-state index in [2.05, 4.69) is 38.8 Å². The molecular formula is C19H31IN6OS. The fourth-order valence-corrected chi connectivity index (χ4v) is 2.98. The normalized spacial score (nSPS) is 11.1. The summed E-state index contributed by atoms with van der Waals surface area (Å²) in [7, 11) is 5.69. The summed E-state index contributed by atoms with van der Waals surface area (Å²) in [4.78, 5) is 6.90. The topological polar surface area (TPSA) is 67.6 Å². The number of nitrogens with one attached hydrogen (secondary N) is 1. The van der Waals surface area contributed by atoms with Crippen LogP contribution >= 0.6 is 35.7 Å². The zero-order valence-corrected chi connectivity index (χ0v) is 20.5. The first kappa shape index (κ1) is 24.5. The summed E-state index contributed by atoms with van der Waals surface area (Å²) in [6.45, 7) is 4.09. The quantitative estimate of drug-likeness (QED) is 0.238. The third-order valence-electron chi connectivity index (χ3n) is 4.30. The molecular weight excluding hydrogens is 487 g/mol. The molecule has 28 heavy (non-hydrogen) atoms. The van der Waals surface area contributed by atoms with Crippen molar-refractivity contribution in [1.82, 2.24) is 25.0 Å². The molecule has 0 saturated carbocycles. The maximum Gasteiger partial charge on any atom is 0.194 e. The molecule has 0 fully saturated rings. The number of thioether (sulfide) groups is 1. The van der Waals surface area contributed by atoms with Crippen LogP contribution in [-0.2, 0) is 20.1 Å². The van der Waals surface area contributed by atoms with Gasteiger partial charge in [-0.25, -0.2) is 4.99 Å². The lowest BCUT2D eigenvalue weighted by Crippen LogP contribution is -2.39. The molecule has 0 spiro atoms. The first-order valence-corrected chi connectivity index (χ1v) is 10.4. The predicted octanol–water partition coefficient (Wildman–Crippen LogP) is 3.08. The number of nitrogens with zero attached hydrogens (tertiary/aromatic N) is 5. The van der Waals surface area contributed by atoms with E-state index in [1.807, 2.05) is 49.5 Å². The van der Waals surface area contributed by atoms with E-state index in [1.54, 1.807) is 7.11 Å². The Labute approximate surface area is 189 Å². The van der Waals surface area contributed by atoms with Gasteiger partial charge in [-0.15, -0.1) is 34.2 Å². The molecule has 0 bridgehead atoms. The summed E-state index contributed by atoms with van der Waals surface area (Å²) in [5.74, 6) is 4.61. The number of halogens is 1. The van der Waals surface area contributed by atoms with E-state index >= 15 is 0 Å². The number of ether oxygens (including phenoxy) is 1.